The molecule has 4 rings (SSSR count). The first-order valence-corrected chi connectivity index (χ1v) is 11.9. The van der Waals surface area contributed by atoms with Gasteiger partial charge in [0.05, 0.1) is 34.3 Å². The van der Waals surface area contributed by atoms with Gasteiger partial charge in [-0.15, -0.1) is 0 Å². The number of esters is 2. The molecule has 35 heavy (non-hydrogen) atoms. The highest BCUT2D eigenvalue weighted by Crippen LogP contribution is 2.22. The van der Waals surface area contributed by atoms with Crippen LogP contribution < -0.4 is 5.56 Å². The maximum Gasteiger partial charge on any atom is 0.340 e. The van der Waals surface area contributed by atoms with E-state index in [1.54, 1.807) is 31.4 Å². The lowest BCUT2D eigenvalue weighted by molar-refractivity contribution is 0.0316. The van der Waals surface area contributed by atoms with E-state index in [1.807, 2.05) is 0 Å². The van der Waals surface area contributed by atoms with Gasteiger partial charge in [-0.05, 0) is 64.3 Å². The summed E-state index contributed by atoms with van der Waals surface area (Å²) in [5.41, 5.74) is 1.99. The minimum atomic E-state index is -1.10. The molecule has 3 heterocycles. The summed E-state index contributed by atoms with van der Waals surface area (Å²) in [6, 6.07) is 4.62. The molecule has 1 aliphatic rings. The molecule has 9 heteroatoms. The summed E-state index contributed by atoms with van der Waals surface area (Å²) in [5.74, 6) is -0.947. The van der Waals surface area contributed by atoms with Gasteiger partial charge < -0.3 is 14.5 Å². The Kier molecular flexibility index (Phi) is 6.86. The van der Waals surface area contributed by atoms with E-state index in [2.05, 4.69) is 9.97 Å². The van der Waals surface area contributed by atoms with Crippen molar-refractivity contribution in [3.8, 4) is 0 Å². The Morgan fingerprint density at radius 2 is 1.91 bits per heavy atom. The van der Waals surface area contributed by atoms with Crippen molar-refractivity contribution in [1.29, 1.82) is 0 Å². The molecule has 3 aromatic rings. The van der Waals surface area contributed by atoms with Crippen LogP contribution in [0.1, 0.15) is 81.4 Å². The van der Waals surface area contributed by atoms with Gasteiger partial charge >= 0.3 is 11.9 Å². The number of rotatable bonds is 6. The molecule has 0 spiro atoms. The van der Waals surface area contributed by atoms with Crippen LogP contribution >= 0.6 is 0 Å². The van der Waals surface area contributed by atoms with Crippen molar-refractivity contribution >= 4 is 28.6 Å². The predicted molar refractivity (Wildman–Crippen MR) is 129 cm³/mol. The number of nitrogens with zero attached hydrogens (tertiary/aromatic N) is 2. The van der Waals surface area contributed by atoms with Crippen LogP contribution in [-0.4, -0.2) is 45.0 Å². The average molecular weight is 480 g/mol. The van der Waals surface area contributed by atoms with Crippen LogP contribution in [0.5, 0.6) is 0 Å². The van der Waals surface area contributed by atoms with Crippen LogP contribution in [0.15, 0.2) is 23.0 Å². The van der Waals surface area contributed by atoms with E-state index >= 15 is 0 Å². The molecule has 1 aliphatic heterocycles. The molecule has 0 bridgehead atoms. The third kappa shape index (κ3) is 4.62. The van der Waals surface area contributed by atoms with Gasteiger partial charge in [0.25, 0.3) is 5.56 Å². The van der Waals surface area contributed by atoms with Gasteiger partial charge in [0.1, 0.15) is 5.82 Å². The number of carbonyl (C=O) groups is 3. The van der Waals surface area contributed by atoms with Crippen molar-refractivity contribution in [2.75, 3.05) is 6.61 Å². The lowest BCUT2D eigenvalue weighted by atomic mass is 10.1. The fourth-order valence-electron chi connectivity index (χ4n) is 4.54. The first kappa shape index (κ1) is 24.4. The van der Waals surface area contributed by atoms with Gasteiger partial charge in [-0.25, -0.2) is 14.6 Å². The van der Waals surface area contributed by atoms with E-state index in [1.165, 1.54) is 19.1 Å². The van der Waals surface area contributed by atoms with E-state index < -0.39 is 23.8 Å². The number of ketones is 1. The van der Waals surface area contributed by atoms with Crippen LogP contribution in [-0.2, 0) is 22.4 Å². The second kappa shape index (κ2) is 9.85. The molecule has 9 nitrogen and oxygen atoms in total. The van der Waals surface area contributed by atoms with Crippen LogP contribution in [0.4, 0.5) is 0 Å². The summed E-state index contributed by atoms with van der Waals surface area (Å²) in [5, 5.41) is 0.445. The monoisotopic (exact) mass is 479 g/mol. The zero-order valence-corrected chi connectivity index (χ0v) is 20.4. The quantitative estimate of drug-likeness (QED) is 0.423. The summed E-state index contributed by atoms with van der Waals surface area (Å²) >= 11 is 0. The smallest absolute Gasteiger partial charge is 0.340 e. The second-order valence-electron chi connectivity index (χ2n) is 8.78. The zero-order chi connectivity index (χ0) is 25.3. The van der Waals surface area contributed by atoms with Crippen LogP contribution in [0, 0.1) is 13.8 Å². The third-order valence-electron chi connectivity index (χ3n) is 6.37. The van der Waals surface area contributed by atoms with Gasteiger partial charge in [-0.2, -0.15) is 0 Å². The number of ether oxygens (including phenoxy) is 2. The van der Waals surface area contributed by atoms with E-state index in [0.717, 1.165) is 25.1 Å². The van der Waals surface area contributed by atoms with Crippen molar-refractivity contribution in [3.63, 3.8) is 0 Å². The van der Waals surface area contributed by atoms with Crippen LogP contribution in [0.25, 0.3) is 10.9 Å². The number of fused-ring (bicyclic) bond motifs is 2. The van der Waals surface area contributed by atoms with Crippen LogP contribution in [0.3, 0.4) is 0 Å². The molecular weight excluding hydrogens is 450 g/mol. The van der Waals surface area contributed by atoms with E-state index in [-0.39, 0.29) is 23.4 Å². The number of aryl methyl sites for hydroxylation is 2. The first-order valence-electron chi connectivity index (χ1n) is 11.9. The Labute approximate surface area is 202 Å². The molecule has 0 amide bonds. The zero-order valence-electron chi connectivity index (χ0n) is 20.4. The number of hydrogen-bond donors (Lipinski definition) is 1. The van der Waals surface area contributed by atoms with E-state index in [9.17, 15) is 19.2 Å². The SMILES string of the molecule is CCOC(=O)c1c(C)[nH]c(C(=O)C(C)OC(=O)c2ccc3c(=O)n4c(nc3c2)CCCCC4)c1C. The van der Waals surface area contributed by atoms with Gasteiger partial charge in [-0.3, -0.25) is 14.2 Å². The summed E-state index contributed by atoms with van der Waals surface area (Å²) in [4.78, 5) is 58.5. The molecule has 1 unspecified atom stereocenters. The molecule has 1 atom stereocenters. The molecule has 0 saturated heterocycles. The number of carbonyl (C=O) groups excluding carboxylic acids is 3. The van der Waals surface area contributed by atoms with E-state index in [0.29, 0.717) is 40.7 Å². The van der Waals surface area contributed by atoms with Gasteiger partial charge in [0.15, 0.2) is 6.10 Å². The molecule has 0 fully saturated rings. The van der Waals surface area contributed by atoms with Crippen molar-refractivity contribution in [2.45, 2.75) is 66.0 Å². The highest BCUT2D eigenvalue weighted by molar-refractivity contribution is 6.04. The standard InChI is InChI=1S/C26H29N3O6/c1-5-34-26(33)21-14(2)22(27-15(21)3)23(30)16(4)35-25(32)17-10-11-18-19(13-17)28-20-9-7-6-8-12-29(20)24(18)31/h10-11,13,16,27H,5-9,12H2,1-4H3. The molecule has 0 aliphatic carbocycles. The highest BCUT2D eigenvalue weighted by Gasteiger charge is 2.28. The number of benzene rings is 1. The molecule has 1 N–H and O–H groups in total. The number of hydrogen-bond acceptors (Lipinski definition) is 7. The molecule has 2 aromatic heterocycles. The second-order valence-corrected chi connectivity index (χ2v) is 8.78. The minimum absolute atomic E-state index is 0.106. The summed E-state index contributed by atoms with van der Waals surface area (Å²) in [6.07, 6.45) is 2.57. The fourth-order valence-corrected chi connectivity index (χ4v) is 4.54. The van der Waals surface area contributed by atoms with Crippen molar-refractivity contribution in [3.05, 3.63) is 62.5 Å². The fraction of sp³-hybridized carbons (Fsp3) is 0.423. The molecule has 184 valence electrons. The number of Topliss-reactive ketones (excluding diaryl/α,β-unsaturated/α-hetero) is 1. The minimum Gasteiger partial charge on any atom is -0.462 e. The molecule has 1 aromatic carbocycles. The topological polar surface area (TPSA) is 120 Å². The Hall–Kier alpha value is -3.75. The lowest BCUT2D eigenvalue weighted by Crippen LogP contribution is -2.26. The number of nitrogens with one attached hydrogen (secondary N) is 1. The van der Waals surface area contributed by atoms with Crippen molar-refractivity contribution in [2.24, 2.45) is 0 Å². The molecule has 0 radical (unpaired) electrons. The summed E-state index contributed by atoms with van der Waals surface area (Å²) in [6.45, 7) is 7.38. The normalized spacial score (nSPS) is 14.2. The summed E-state index contributed by atoms with van der Waals surface area (Å²) < 4.78 is 12.2. The largest absolute Gasteiger partial charge is 0.462 e. The van der Waals surface area contributed by atoms with Crippen molar-refractivity contribution < 1.29 is 23.9 Å². The third-order valence-corrected chi connectivity index (χ3v) is 6.37. The lowest BCUT2D eigenvalue weighted by Gasteiger charge is -2.13. The maximum absolute atomic E-state index is 13.0. The van der Waals surface area contributed by atoms with E-state index in [4.69, 9.17) is 9.47 Å². The Morgan fingerprint density at radius 3 is 2.66 bits per heavy atom. The Morgan fingerprint density at radius 1 is 1.14 bits per heavy atom. The van der Waals surface area contributed by atoms with Crippen molar-refractivity contribution in [1.82, 2.24) is 14.5 Å². The Bertz CT molecular complexity index is 1380. The molecule has 0 saturated carbocycles. The number of H-pyrrole nitrogens is 1. The van der Waals surface area contributed by atoms with Gasteiger partial charge in [0.2, 0.25) is 5.78 Å². The first-order chi connectivity index (χ1) is 16.7. The number of aromatic amines is 1. The van der Waals surface area contributed by atoms with Gasteiger partial charge in [-0.1, -0.05) is 6.42 Å². The summed E-state index contributed by atoms with van der Waals surface area (Å²) in [7, 11) is 0. The molecular formula is C26H29N3O6. The maximum atomic E-state index is 13.0. The van der Waals surface area contributed by atoms with Gasteiger partial charge in [0, 0.05) is 18.7 Å². The number of aromatic nitrogens is 3. The highest BCUT2D eigenvalue weighted by atomic mass is 16.5. The van der Waals surface area contributed by atoms with Crippen LogP contribution in [0.2, 0.25) is 0 Å². The average Bonchev–Trinajstić information content (AvgIpc) is 2.98. The Balaban J connectivity index is 1.56. The predicted octanol–water partition coefficient (Wildman–Crippen LogP) is 3.67.